The third-order valence-corrected chi connectivity index (χ3v) is 5.02. The molecule has 0 atom stereocenters. The van der Waals surface area contributed by atoms with Crippen molar-refractivity contribution < 1.29 is 19.7 Å². The maximum Gasteiger partial charge on any atom is 0.130 e. The average Bonchev–Trinajstić information content (AvgIpc) is 2.75. The maximum atomic E-state index is 9.40. The lowest BCUT2D eigenvalue weighted by molar-refractivity contribution is 0.463. The summed E-state index contributed by atoms with van der Waals surface area (Å²) in [6, 6.07) is 25.8. The van der Waals surface area contributed by atoms with Gasteiger partial charge in [0.25, 0.3) is 0 Å². The predicted molar refractivity (Wildman–Crippen MR) is 122 cm³/mol. The second-order valence-electron chi connectivity index (χ2n) is 7.57. The highest BCUT2D eigenvalue weighted by Crippen LogP contribution is 2.30. The van der Waals surface area contributed by atoms with Crippen LogP contribution in [0.2, 0.25) is 0 Å². The van der Waals surface area contributed by atoms with Crippen molar-refractivity contribution in [3.05, 3.63) is 107 Å². The molecule has 0 saturated carbocycles. The molecule has 0 fully saturated rings. The highest BCUT2D eigenvalue weighted by molar-refractivity contribution is 5.44. The van der Waals surface area contributed by atoms with Gasteiger partial charge < -0.3 is 19.7 Å². The van der Waals surface area contributed by atoms with E-state index in [0.717, 1.165) is 29.0 Å². The van der Waals surface area contributed by atoms with Crippen LogP contribution in [0.5, 0.6) is 34.5 Å². The average molecular weight is 412 g/mol. The second-order valence-corrected chi connectivity index (χ2v) is 7.57. The van der Waals surface area contributed by atoms with E-state index in [0.29, 0.717) is 11.5 Å². The molecule has 4 nitrogen and oxygen atoms in total. The van der Waals surface area contributed by atoms with Crippen LogP contribution in [0.25, 0.3) is 0 Å². The molecule has 156 valence electrons. The molecule has 31 heavy (non-hydrogen) atoms. The Hall–Kier alpha value is -3.92. The molecule has 0 amide bonds. The first-order chi connectivity index (χ1) is 15.0. The quantitative estimate of drug-likeness (QED) is 0.362. The zero-order valence-corrected chi connectivity index (χ0v) is 17.5. The van der Waals surface area contributed by atoms with Gasteiger partial charge in [-0.15, -0.1) is 0 Å². The van der Waals surface area contributed by atoms with Crippen molar-refractivity contribution in [1.29, 1.82) is 0 Å². The van der Waals surface area contributed by atoms with Gasteiger partial charge in [-0.2, -0.15) is 0 Å². The summed E-state index contributed by atoms with van der Waals surface area (Å²) in [6.45, 7) is 4.05. The molecule has 4 rings (SSSR count). The van der Waals surface area contributed by atoms with E-state index < -0.39 is 0 Å². The Bertz CT molecular complexity index is 1080. The fraction of sp³-hybridized carbons (Fsp3) is 0.111. The minimum atomic E-state index is 0.217. The standard InChI is InChI=1S/C27H24O4/c1-18-15-20(3-13-26(18)30-24-9-5-22(28)6-10-24)17-21-4-14-27(19(2)16-21)31-25-11-7-23(29)8-12-25/h3-16,28-29H,17H2,1-2H3. The Kier molecular flexibility index (Phi) is 5.80. The van der Waals surface area contributed by atoms with Gasteiger partial charge in [0.1, 0.15) is 34.5 Å². The SMILES string of the molecule is Cc1cc(Cc2ccc(Oc3ccc(O)cc3)c(C)c2)ccc1Oc1ccc(O)cc1. The van der Waals surface area contributed by atoms with Gasteiger partial charge >= 0.3 is 0 Å². The number of aryl methyl sites for hydroxylation is 2. The molecule has 0 heterocycles. The van der Waals surface area contributed by atoms with Crippen molar-refractivity contribution in [3.8, 4) is 34.5 Å². The van der Waals surface area contributed by atoms with E-state index in [-0.39, 0.29) is 11.5 Å². The molecule has 0 aliphatic carbocycles. The molecule has 0 aliphatic heterocycles. The summed E-state index contributed by atoms with van der Waals surface area (Å²) in [7, 11) is 0. The summed E-state index contributed by atoms with van der Waals surface area (Å²) in [5, 5.41) is 18.8. The molecule has 0 radical (unpaired) electrons. The van der Waals surface area contributed by atoms with E-state index in [1.54, 1.807) is 48.5 Å². The Morgan fingerprint density at radius 2 is 0.935 bits per heavy atom. The molecule has 0 saturated heterocycles. The van der Waals surface area contributed by atoms with Gasteiger partial charge in [0.05, 0.1) is 0 Å². The van der Waals surface area contributed by atoms with Crippen molar-refractivity contribution in [2.24, 2.45) is 0 Å². The predicted octanol–water partition coefficient (Wildman–Crippen LogP) is 6.89. The first kappa shape index (κ1) is 20.4. The van der Waals surface area contributed by atoms with E-state index in [9.17, 15) is 10.2 Å². The minimum Gasteiger partial charge on any atom is -0.508 e. The van der Waals surface area contributed by atoms with Crippen LogP contribution >= 0.6 is 0 Å². The topological polar surface area (TPSA) is 58.9 Å². The Morgan fingerprint density at radius 3 is 1.29 bits per heavy atom. The van der Waals surface area contributed by atoms with Gasteiger partial charge in [-0.3, -0.25) is 0 Å². The number of phenolic OH excluding ortho intramolecular Hbond substituents is 2. The van der Waals surface area contributed by atoms with Crippen LogP contribution in [0, 0.1) is 13.8 Å². The normalized spacial score (nSPS) is 10.6. The van der Waals surface area contributed by atoms with Gasteiger partial charge in [0.2, 0.25) is 0 Å². The Balaban J connectivity index is 1.44. The van der Waals surface area contributed by atoms with Crippen LogP contribution < -0.4 is 9.47 Å². The maximum absolute atomic E-state index is 9.40. The molecular weight excluding hydrogens is 388 g/mol. The van der Waals surface area contributed by atoms with E-state index in [4.69, 9.17) is 9.47 Å². The van der Waals surface area contributed by atoms with Crippen LogP contribution in [0.1, 0.15) is 22.3 Å². The lowest BCUT2D eigenvalue weighted by Gasteiger charge is -2.12. The van der Waals surface area contributed by atoms with E-state index >= 15 is 0 Å². The molecule has 4 heteroatoms. The van der Waals surface area contributed by atoms with Crippen molar-refractivity contribution >= 4 is 0 Å². The number of benzene rings is 4. The smallest absolute Gasteiger partial charge is 0.130 e. The summed E-state index contributed by atoms with van der Waals surface area (Å²) in [5.74, 6) is 3.40. The highest BCUT2D eigenvalue weighted by atomic mass is 16.5. The summed E-state index contributed by atoms with van der Waals surface area (Å²) in [4.78, 5) is 0. The van der Waals surface area contributed by atoms with Gasteiger partial charge in [0, 0.05) is 0 Å². The van der Waals surface area contributed by atoms with Gasteiger partial charge in [-0.05, 0) is 103 Å². The van der Waals surface area contributed by atoms with Crippen LogP contribution in [0.4, 0.5) is 0 Å². The molecule has 0 spiro atoms. The van der Waals surface area contributed by atoms with Gasteiger partial charge in [-0.1, -0.05) is 24.3 Å². The van der Waals surface area contributed by atoms with Crippen LogP contribution in [0.3, 0.4) is 0 Å². The van der Waals surface area contributed by atoms with Crippen LogP contribution in [-0.4, -0.2) is 10.2 Å². The highest BCUT2D eigenvalue weighted by Gasteiger charge is 2.07. The largest absolute Gasteiger partial charge is 0.508 e. The first-order valence-corrected chi connectivity index (χ1v) is 10.1. The lowest BCUT2D eigenvalue weighted by Crippen LogP contribution is -1.94. The van der Waals surface area contributed by atoms with Crippen molar-refractivity contribution in [3.63, 3.8) is 0 Å². The zero-order chi connectivity index (χ0) is 21.8. The van der Waals surface area contributed by atoms with E-state index in [1.165, 1.54) is 11.1 Å². The number of hydrogen-bond donors (Lipinski definition) is 2. The number of ether oxygens (including phenoxy) is 2. The molecule has 0 unspecified atom stereocenters. The lowest BCUT2D eigenvalue weighted by atomic mass is 10.0. The van der Waals surface area contributed by atoms with Gasteiger partial charge in [0.15, 0.2) is 0 Å². The summed E-state index contributed by atoms with van der Waals surface area (Å²) in [6.07, 6.45) is 0.806. The van der Waals surface area contributed by atoms with Crippen molar-refractivity contribution in [2.45, 2.75) is 20.3 Å². The molecular formula is C27H24O4. The fourth-order valence-electron chi connectivity index (χ4n) is 3.39. The third kappa shape index (κ3) is 5.17. The molecule has 4 aromatic carbocycles. The van der Waals surface area contributed by atoms with Crippen molar-refractivity contribution in [2.75, 3.05) is 0 Å². The fourth-order valence-corrected chi connectivity index (χ4v) is 3.39. The number of aromatic hydroxyl groups is 2. The molecule has 0 aromatic heterocycles. The van der Waals surface area contributed by atoms with Crippen LogP contribution in [-0.2, 0) is 6.42 Å². The summed E-state index contributed by atoms with van der Waals surface area (Å²) < 4.78 is 11.8. The Labute approximate surface area is 182 Å². The monoisotopic (exact) mass is 412 g/mol. The van der Waals surface area contributed by atoms with E-state index in [1.807, 2.05) is 26.0 Å². The van der Waals surface area contributed by atoms with Gasteiger partial charge in [-0.25, -0.2) is 0 Å². The number of phenols is 2. The third-order valence-electron chi connectivity index (χ3n) is 5.02. The number of rotatable bonds is 6. The van der Waals surface area contributed by atoms with E-state index in [2.05, 4.69) is 24.3 Å². The zero-order valence-electron chi connectivity index (χ0n) is 17.5. The molecule has 4 aromatic rings. The summed E-state index contributed by atoms with van der Waals surface area (Å²) >= 11 is 0. The summed E-state index contributed by atoms with van der Waals surface area (Å²) in [5.41, 5.74) is 4.49. The van der Waals surface area contributed by atoms with Crippen molar-refractivity contribution in [1.82, 2.24) is 0 Å². The minimum absolute atomic E-state index is 0.217. The molecule has 2 N–H and O–H groups in total. The second kappa shape index (κ2) is 8.84. The number of hydrogen-bond acceptors (Lipinski definition) is 4. The molecule has 0 bridgehead atoms. The Morgan fingerprint density at radius 1 is 0.548 bits per heavy atom. The first-order valence-electron chi connectivity index (χ1n) is 10.1. The molecule has 0 aliphatic rings. The van der Waals surface area contributed by atoms with Crippen LogP contribution in [0.15, 0.2) is 84.9 Å².